The summed E-state index contributed by atoms with van der Waals surface area (Å²) in [5.74, 6) is -1.39. The first-order valence-corrected chi connectivity index (χ1v) is 5.83. The molecule has 0 aliphatic carbocycles. The molecule has 0 aromatic heterocycles. The summed E-state index contributed by atoms with van der Waals surface area (Å²) >= 11 is 3.01. The Balaban J connectivity index is 2.37. The zero-order valence-corrected chi connectivity index (χ0v) is 10.8. The van der Waals surface area contributed by atoms with Crippen LogP contribution < -0.4 is 16.8 Å². The molecule has 0 heterocycles. The molecule has 2 aromatic rings. The summed E-state index contributed by atoms with van der Waals surface area (Å²) in [6, 6.07) is 7.01. The van der Waals surface area contributed by atoms with E-state index in [9.17, 15) is 8.78 Å². The van der Waals surface area contributed by atoms with Crippen LogP contribution in [-0.2, 0) is 0 Å². The highest BCUT2D eigenvalue weighted by Crippen LogP contribution is 2.28. The Morgan fingerprint density at radius 3 is 2.11 bits per heavy atom. The predicted octanol–water partition coefficient (Wildman–Crippen LogP) is 3.64. The number of halogens is 3. The number of nitrogens with two attached hydrogens (primary N) is 2. The lowest BCUT2D eigenvalue weighted by atomic mass is 10.2. The van der Waals surface area contributed by atoms with Crippen LogP contribution in [0.4, 0.5) is 31.5 Å². The van der Waals surface area contributed by atoms with Gasteiger partial charge in [0.15, 0.2) is 11.6 Å². The van der Waals surface area contributed by atoms with E-state index < -0.39 is 11.6 Å². The summed E-state index contributed by atoms with van der Waals surface area (Å²) in [6.45, 7) is 0. The van der Waals surface area contributed by atoms with Crippen molar-refractivity contribution in [2.24, 2.45) is 0 Å². The Bertz CT molecular complexity index is 579. The number of nitrogen functional groups attached to an aromatic ring is 2. The van der Waals surface area contributed by atoms with Crippen LogP contribution in [0.2, 0.25) is 0 Å². The van der Waals surface area contributed by atoms with Gasteiger partial charge in [-0.2, -0.15) is 0 Å². The van der Waals surface area contributed by atoms with Crippen LogP contribution in [0.3, 0.4) is 0 Å². The first-order valence-electron chi connectivity index (χ1n) is 5.04. The van der Waals surface area contributed by atoms with Crippen LogP contribution in [0.1, 0.15) is 0 Å². The van der Waals surface area contributed by atoms with E-state index in [2.05, 4.69) is 21.2 Å². The van der Waals surface area contributed by atoms with E-state index >= 15 is 0 Å². The number of benzene rings is 2. The third-order valence-corrected chi connectivity index (χ3v) is 2.82. The van der Waals surface area contributed by atoms with Gasteiger partial charge in [-0.05, 0) is 30.3 Å². The maximum atomic E-state index is 13.6. The fourth-order valence-electron chi connectivity index (χ4n) is 1.46. The molecule has 0 fully saturated rings. The first kappa shape index (κ1) is 12.6. The van der Waals surface area contributed by atoms with Crippen molar-refractivity contribution in [3.8, 4) is 0 Å². The van der Waals surface area contributed by atoms with E-state index in [1.165, 1.54) is 18.2 Å². The molecule has 0 spiro atoms. The van der Waals surface area contributed by atoms with Crippen molar-refractivity contribution >= 4 is 38.7 Å². The minimum atomic E-state index is -0.697. The van der Waals surface area contributed by atoms with Gasteiger partial charge in [-0.15, -0.1) is 0 Å². The number of hydrogen-bond donors (Lipinski definition) is 3. The summed E-state index contributed by atoms with van der Waals surface area (Å²) in [6.07, 6.45) is 0. The molecule has 0 unspecified atom stereocenters. The lowest BCUT2D eigenvalue weighted by Crippen LogP contribution is -2.00. The summed E-state index contributed by atoms with van der Waals surface area (Å²) < 4.78 is 27.5. The molecule has 0 atom stereocenters. The third kappa shape index (κ3) is 2.53. The van der Waals surface area contributed by atoms with Gasteiger partial charge >= 0.3 is 0 Å². The van der Waals surface area contributed by atoms with Gasteiger partial charge < -0.3 is 16.8 Å². The molecule has 0 aliphatic rings. The van der Waals surface area contributed by atoms with Gasteiger partial charge in [0, 0.05) is 10.2 Å². The van der Waals surface area contributed by atoms with Crippen molar-refractivity contribution in [1.82, 2.24) is 0 Å². The largest absolute Gasteiger partial charge is 0.397 e. The van der Waals surface area contributed by atoms with E-state index in [0.717, 1.165) is 0 Å². The highest BCUT2D eigenvalue weighted by atomic mass is 79.9. The first-order chi connectivity index (χ1) is 8.47. The minimum Gasteiger partial charge on any atom is -0.397 e. The molecular formula is C12H10BrF2N3. The maximum Gasteiger partial charge on any atom is 0.150 e. The van der Waals surface area contributed by atoms with Crippen molar-refractivity contribution in [3.05, 3.63) is 46.4 Å². The maximum absolute atomic E-state index is 13.6. The molecule has 94 valence electrons. The zero-order chi connectivity index (χ0) is 13.3. The summed E-state index contributed by atoms with van der Waals surface area (Å²) in [5, 5.41) is 2.63. The Kier molecular flexibility index (Phi) is 3.38. The van der Waals surface area contributed by atoms with Crippen molar-refractivity contribution in [3.63, 3.8) is 0 Å². The Hall–Kier alpha value is -1.82. The predicted molar refractivity (Wildman–Crippen MR) is 72.6 cm³/mol. The molecule has 0 bridgehead atoms. The quantitative estimate of drug-likeness (QED) is 0.742. The van der Waals surface area contributed by atoms with Crippen molar-refractivity contribution in [2.75, 3.05) is 16.8 Å². The molecule has 0 saturated carbocycles. The highest BCUT2D eigenvalue weighted by Gasteiger charge is 2.11. The molecule has 3 nitrogen and oxygen atoms in total. The molecular weight excluding hydrogens is 304 g/mol. The SMILES string of the molecule is Nc1ccc(Nc2c(F)cc(Br)cc2F)cc1N. The lowest BCUT2D eigenvalue weighted by Gasteiger charge is -2.10. The Morgan fingerprint density at radius 1 is 0.944 bits per heavy atom. The van der Waals surface area contributed by atoms with Crippen molar-refractivity contribution in [2.45, 2.75) is 0 Å². The smallest absolute Gasteiger partial charge is 0.150 e. The van der Waals surface area contributed by atoms with Crippen LogP contribution in [0.25, 0.3) is 0 Å². The minimum absolute atomic E-state index is 0.234. The van der Waals surface area contributed by atoms with E-state index in [1.807, 2.05) is 0 Å². The van der Waals surface area contributed by atoms with Gasteiger partial charge in [0.1, 0.15) is 5.69 Å². The molecule has 0 saturated heterocycles. The van der Waals surface area contributed by atoms with Gasteiger partial charge in [-0.3, -0.25) is 0 Å². The molecule has 5 N–H and O–H groups in total. The average Bonchev–Trinajstić information content (AvgIpc) is 2.28. The standard InChI is InChI=1S/C12H10BrF2N3/c13-6-3-8(14)12(9(15)4-6)18-7-1-2-10(16)11(17)5-7/h1-5,18H,16-17H2. The van der Waals surface area contributed by atoms with E-state index in [0.29, 0.717) is 21.5 Å². The Labute approximate surface area is 111 Å². The summed E-state index contributed by atoms with van der Waals surface area (Å²) in [7, 11) is 0. The van der Waals surface area contributed by atoms with Gasteiger partial charge in [-0.25, -0.2) is 8.78 Å². The van der Waals surface area contributed by atoms with Gasteiger partial charge in [0.25, 0.3) is 0 Å². The normalized spacial score (nSPS) is 10.4. The second-order valence-corrected chi connectivity index (χ2v) is 4.63. The summed E-state index contributed by atoms with van der Waals surface area (Å²) in [4.78, 5) is 0. The van der Waals surface area contributed by atoms with E-state index in [4.69, 9.17) is 11.5 Å². The van der Waals surface area contributed by atoms with Gasteiger partial charge in [-0.1, -0.05) is 15.9 Å². The lowest BCUT2D eigenvalue weighted by molar-refractivity contribution is 0.589. The molecule has 6 heteroatoms. The van der Waals surface area contributed by atoms with Crippen molar-refractivity contribution in [1.29, 1.82) is 0 Å². The monoisotopic (exact) mass is 313 g/mol. The van der Waals surface area contributed by atoms with Crippen LogP contribution in [0, 0.1) is 11.6 Å². The molecule has 2 aromatic carbocycles. The van der Waals surface area contributed by atoms with Gasteiger partial charge in [0.2, 0.25) is 0 Å². The summed E-state index contributed by atoms with van der Waals surface area (Å²) in [5.41, 5.74) is 12.2. The van der Waals surface area contributed by atoms with E-state index in [1.54, 1.807) is 12.1 Å². The second-order valence-electron chi connectivity index (χ2n) is 3.71. The Morgan fingerprint density at radius 2 is 1.56 bits per heavy atom. The molecule has 2 rings (SSSR count). The van der Waals surface area contributed by atoms with Crippen LogP contribution in [0.5, 0.6) is 0 Å². The fraction of sp³-hybridized carbons (Fsp3) is 0. The number of rotatable bonds is 2. The van der Waals surface area contributed by atoms with Crippen LogP contribution in [-0.4, -0.2) is 0 Å². The molecule has 0 radical (unpaired) electrons. The van der Waals surface area contributed by atoms with Crippen molar-refractivity contribution < 1.29 is 8.78 Å². The number of nitrogens with one attached hydrogen (secondary N) is 1. The average molecular weight is 314 g/mol. The van der Waals surface area contributed by atoms with Gasteiger partial charge in [0.05, 0.1) is 11.4 Å². The highest BCUT2D eigenvalue weighted by molar-refractivity contribution is 9.10. The topological polar surface area (TPSA) is 64.1 Å². The zero-order valence-electron chi connectivity index (χ0n) is 9.18. The fourth-order valence-corrected chi connectivity index (χ4v) is 1.86. The van der Waals surface area contributed by atoms with Crippen LogP contribution in [0.15, 0.2) is 34.8 Å². The molecule has 0 amide bonds. The van der Waals surface area contributed by atoms with Crippen LogP contribution >= 0.6 is 15.9 Å². The van der Waals surface area contributed by atoms with E-state index in [-0.39, 0.29) is 5.69 Å². The third-order valence-electron chi connectivity index (χ3n) is 2.36. The number of anilines is 4. The molecule has 0 aliphatic heterocycles. The molecule has 18 heavy (non-hydrogen) atoms. The number of hydrogen-bond acceptors (Lipinski definition) is 3. The second kappa shape index (κ2) is 4.81.